The van der Waals surface area contributed by atoms with Crippen molar-refractivity contribution in [2.45, 2.75) is 38.9 Å². The van der Waals surface area contributed by atoms with E-state index in [9.17, 15) is 9.59 Å². The molecule has 29 heavy (non-hydrogen) atoms. The van der Waals surface area contributed by atoms with Crippen molar-refractivity contribution >= 4 is 17.1 Å². The summed E-state index contributed by atoms with van der Waals surface area (Å²) >= 11 is 0. The highest BCUT2D eigenvalue weighted by atomic mass is 16.5. The molecule has 0 atom stereocenters. The number of pyridine rings is 1. The number of fused-ring (bicyclic) bond motifs is 2. The molecule has 0 unspecified atom stereocenters. The second-order valence-corrected chi connectivity index (χ2v) is 7.67. The molecule has 5 rings (SSSR count). The van der Waals surface area contributed by atoms with E-state index in [1.165, 1.54) is 4.57 Å². The minimum absolute atomic E-state index is 0.0911. The summed E-state index contributed by atoms with van der Waals surface area (Å²) in [6.07, 6.45) is 5.26. The van der Waals surface area contributed by atoms with Gasteiger partial charge in [0.2, 0.25) is 0 Å². The van der Waals surface area contributed by atoms with E-state index in [-0.39, 0.29) is 18.0 Å². The number of hydrogen-bond donors (Lipinski definition) is 0. The molecule has 150 valence electrons. The number of nitrogens with zero attached hydrogens (tertiary/aromatic N) is 6. The lowest BCUT2D eigenvalue weighted by molar-refractivity contribution is 0.0704. The average molecular weight is 394 g/mol. The van der Waals surface area contributed by atoms with Crippen molar-refractivity contribution in [3.8, 4) is 0 Å². The molecule has 0 bridgehead atoms. The molecule has 1 fully saturated rings. The normalized spacial score (nSPS) is 17.1. The van der Waals surface area contributed by atoms with Crippen molar-refractivity contribution in [3.05, 3.63) is 51.6 Å². The van der Waals surface area contributed by atoms with Crippen LogP contribution in [-0.4, -0.2) is 48.1 Å². The first-order valence-electron chi connectivity index (χ1n) is 9.78. The summed E-state index contributed by atoms with van der Waals surface area (Å²) in [4.78, 5) is 40.6. The first-order valence-corrected chi connectivity index (χ1v) is 9.78. The van der Waals surface area contributed by atoms with Crippen LogP contribution < -0.4 is 5.56 Å². The third-order valence-corrected chi connectivity index (χ3v) is 5.91. The van der Waals surface area contributed by atoms with Crippen molar-refractivity contribution < 1.29 is 9.53 Å². The highest BCUT2D eigenvalue weighted by Gasteiger charge is 2.29. The van der Waals surface area contributed by atoms with Gasteiger partial charge in [-0.05, 0) is 25.8 Å². The molecule has 9 nitrogen and oxygen atoms in total. The Morgan fingerprint density at radius 3 is 2.79 bits per heavy atom. The zero-order chi connectivity index (χ0) is 20.1. The maximum absolute atomic E-state index is 13.0. The summed E-state index contributed by atoms with van der Waals surface area (Å²) in [5.74, 6) is 0.475. The van der Waals surface area contributed by atoms with Crippen LogP contribution in [0.2, 0.25) is 0 Å². The Morgan fingerprint density at radius 1 is 1.21 bits per heavy atom. The predicted octanol–water partition coefficient (Wildman–Crippen LogP) is 1.34. The van der Waals surface area contributed by atoms with Crippen LogP contribution in [0.1, 0.15) is 46.3 Å². The number of carbonyl (C=O) groups is 1. The van der Waals surface area contributed by atoms with Gasteiger partial charge in [0.05, 0.1) is 36.2 Å². The van der Waals surface area contributed by atoms with Crippen molar-refractivity contribution in [3.63, 3.8) is 0 Å². The predicted molar refractivity (Wildman–Crippen MR) is 104 cm³/mol. The molecule has 9 heteroatoms. The third kappa shape index (κ3) is 2.93. The fourth-order valence-corrected chi connectivity index (χ4v) is 4.12. The van der Waals surface area contributed by atoms with Gasteiger partial charge in [0.25, 0.3) is 11.5 Å². The van der Waals surface area contributed by atoms with Crippen LogP contribution in [-0.2, 0) is 24.9 Å². The number of rotatable bonds is 2. The lowest BCUT2D eigenvalue weighted by Gasteiger charge is -2.23. The molecular formula is C20H22N6O3. The maximum Gasteiger partial charge on any atom is 0.258 e. The Hall–Kier alpha value is -3.07. The molecule has 0 aliphatic carbocycles. The van der Waals surface area contributed by atoms with Crippen LogP contribution in [0, 0.1) is 6.92 Å². The second-order valence-electron chi connectivity index (χ2n) is 7.67. The highest BCUT2D eigenvalue weighted by molar-refractivity contribution is 5.96. The van der Waals surface area contributed by atoms with E-state index in [1.54, 1.807) is 37.5 Å². The lowest BCUT2D eigenvalue weighted by Crippen LogP contribution is -2.27. The van der Waals surface area contributed by atoms with Gasteiger partial charge in [-0.1, -0.05) is 0 Å². The Kier molecular flexibility index (Phi) is 4.20. The zero-order valence-electron chi connectivity index (χ0n) is 16.5. The van der Waals surface area contributed by atoms with Gasteiger partial charge in [-0.25, -0.2) is 15.0 Å². The molecule has 3 aromatic rings. The summed E-state index contributed by atoms with van der Waals surface area (Å²) in [6, 6.07) is 2.10. The minimum Gasteiger partial charge on any atom is -0.381 e. The Labute approximate surface area is 167 Å². The van der Waals surface area contributed by atoms with Crippen molar-refractivity contribution in [2.75, 3.05) is 13.2 Å². The monoisotopic (exact) mass is 394 g/mol. The topological polar surface area (TPSA) is 95.1 Å². The summed E-state index contributed by atoms with van der Waals surface area (Å²) in [5.41, 5.74) is 3.12. The summed E-state index contributed by atoms with van der Waals surface area (Å²) in [7, 11) is 1.70. The summed E-state index contributed by atoms with van der Waals surface area (Å²) in [6.45, 7) is 3.87. The number of carbonyl (C=O) groups excluding carboxylic acids is 1. The summed E-state index contributed by atoms with van der Waals surface area (Å²) in [5, 5.41) is 0. The Balaban J connectivity index is 1.42. The van der Waals surface area contributed by atoms with E-state index in [0.717, 1.165) is 31.7 Å². The van der Waals surface area contributed by atoms with E-state index in [2.05, 4.69) is 19.5 Å². The van der Waals surface area contributed by atoms with Gasteiger partial charge in [0, 0.05) is 32.5 Å². The highest BCUT2D eigenvalue weighted by Crippen LogP contribution is 2.26. The largest absolute Gasteiger partial charge is 0.381 e. The van der Waals surface area contributed by atoms with Gasteiger partial charge >= 0.3 is 0 Å². The van der Waals surface area contributed by atoms with Gasteiger partial charge in [0.15, 0.2) is 5.65 Å². The van der Waals surface area contributed by atoms with E-state index in [4.69, 9.17) is 4.74 Å². The number of hydrogen-bond acceptors (Lipinski definition) is 6. The molecular weight excluding hydrogens is 372 g/mol. The number of amides is 1. The first-order chi connectivity index (χ1) is 14.0. The van der Waals surface area contributed by atoms with Crippen LogP contribution in [0.5, 0.6) is 0 Å². The lowest BCUT2D eigenvalue weighted by atomic mass is 10.1. The molecule has 0 radical (unpaired) electrons. The third-order valence-electron chi connectivity index (χ3n) is 5.91. The average Bonchev–Trinajstić information content (AvgIpc) is 3.36. The maximum atomic E-state index is 13.0. The standard InChI is InChI=1S/C20H22N6O3/c1-12-23-17-10-25(9-15(17)20(28)24(12)2)19(27)13-7-16-18(21-8-13)26(11-22-16)14-3-5-29-6-4-14/h7-8,11,14H,3-6,9-10H2,1-2H3. The van der Waals surface area contributed by atoms with Crippen molar-refractivity contribution in [2.24, 2.45) is 7.05 Å². The fourth-order valence-electron chi connectivity index (χ4n) is 4.12. The number of imidazole rings is 1. The second kappa shape index (κ2) is 6.77. The van der Waals surface area contributed by atoms with Crippen LogP contribution >= 0.6 is 0 Å². The van der Waals surface area contributed by atoms with Gasteiger partial charge in [0.1, 0.15) is 11.3 Å². The Bertz CT molecular complexity index is 1170. The zero-order valence-corrected chi connectivity index (χ0v) is 16.5. The van der Waals surface area contributed by atoms with Crippen LogP contribution in [0.3, 0.4) is 0 Å². The molecule has 1 saturated heterocycles. The Morgan fingerprint density at radius 2 is 2.00 bits per heavy atom. The molecule has 2 aliphatic heterocycles. The molecule has 1 amide bonds. The molecule has 2 aliphatic rings. The van der Waals surface area contributed by atoms with Gasteiger partial charge in [-0.3, -0.25) is 14.2 Å². The first kappa shape index (κ1) is 18.0. The van der Waals surface area contributed by atoms with Gasteiger partial charge in [-0.2, -0.15) is 0 Å². The summed E-state index contributed by atoms with van der Waals surface area (Å²) < 4.78 is 9.03. The number of aromatic nitrogens is 5. The van der Waals surface area contributed by atoms with E-state index >= 15 is 0 Å². The van der Waals surface area contributed by atoms with Gasteiger partial charge < -0.3 is 14.2 Å². The van der Waals surface area contributed by atoms with Crippen molar-refractivity contribution in [1.82, 2.24) is 29.0 Å². The molecule has 0 saturated carbocycles. The van der Waals surface area contributed by atoms with E-state index in [1.807, 2.05) is 0 Å². The number of aryl methyl sites for hydroxylation is 1. The van der Waals surface area contributed by atoms with Crippen LogP contribution in [0.4, 0.5) is 0 Å². The smallest absolute Gasteiger partial charge is 0.258 e. The van der Waals surface area contributed by atoms with Gasteiger partial charge in [-0.15, -0.1) is 0 Å². The van der Waals surface area contributed by atoms with Crippen LogP contribution in [0.25, 0.3) is 11.2 Å². The van der Waals surface area contributed by atoms with E-state index in [0.29, 0.717) is 40.7 Å². The fraction of sp³-hybridized carbons (Fsp3) is 0.450. The number of ether oxygens (including phenoxy) is 1. The molecule has 5 heterocycles. The minimum atomic E-state index is -0.169. The van der Waals surface area contributed by atoms with Crippen LogP contribution in [0.15, 0.2) is 23.4 Å². The molecule has 0 aromatic carbocycles. The quantitative estimate of drug-likeness (QED) is 0.651. The molecule has 0 spiro atoms. The SMILES string of the molecule is Cc1nc2c(c(=O)n1C)CN(C(=O)c1cnc3c(c1)ncn3C1CCOCC1)C2. The molecule has 3 aromatic heterocycles. The van der Waals surface area contributed by atoms with E-state index < -0.39 is 0 Å². The molecule has 0 N–H and O–H groups in total. The van der Waals surface area contributed by atoms with Crippen molar-refractivity contribution in [1.29, 1.82) is 0 Å².